The van der Waals surface area contributed by atoms with E-state index in [0.29, 0.717) is 6.54 Å². The summed E-state index contributed by atoms with van der Waals surface area (Å²) in [5, 5.41) is 3.15. The SMILES string of the molecule is CCN1C(=O)C(C)Oc2ccc(-c3csc(Cc4ccccc4)n3)cc21. The Balaban J connectivity index is 1.63. The zero-order chi connectivity index (χ0) is 18.1. The summed E-state index contributed by atoms with van der Waals surface area (Å²) in [6.07, 6.45) is 0.390. The van der Waals surface area contributed by atoms with E-state index in [0.717, 1.165) is 34.1 Å². The van der Waals surface area contributed by atoms with Crippen LogP contribution in [0.2, 0.25) is 0 Å². The molecule has 1 aliphatic heterocycles. The molecule has 0 fully saturated rings. The Morgan fingerprint density at radius 2 is 2.00 bits per heavy atom. The van der Waals surface area contributed by atoms with Gasteiger partial charge in [-0.15, -0.1) is 11.3 Å². The third-order valence-corrected chi connectivity index (χ3v) is 5.38. The van der Waals surface area contributed by atoms with Gasteiger partial charge in [0.1, 0.15) is 5.75 Å². The zero-order valence-electron chi connectivity index (χ0n) is 14.8. The lowest BCUT2D eigenvalue weighted by Gasteiger charge is -2.32. The molecule has 5 heteroatoms. The summed E-state index contributed by atoms with van der Waals surface area (Å²) in [6, 6.07) is 16.3. The molecule has 2 heterocycles. The van der Waals surface area contributed by atoms with Crippen LogP contribution in [0, 0.1) is 0 Å². The number of benzene rings is 2. The molecule has 1 aromatic heterocycles. The van der Waals surface area contributed by atoms with E-state index < -0.39 is 6.10 Å². The van der Waals surface area contributed by atoms with Gasteiger partial charge in [-0.05, 0) is 37.6 Å². The Kier molecular flexibility index (Phi) is 4.47. The van der Waals surface area contributed by atoms with E-state index in [1.54, 1.807) is 23.2 Å². The van der Waals surface area contributed by atoms with E-state index in [9.17, 15) is 4.79 Å². The predicted molar refractivity (Wildman–Crippen MR) is 105 cm³/mol. The molecule has 26 heavy (non-hydrogen) atoms. The van der Waals surface area contributed by atoms with Crippen LogP contribution in [0.3, 0.4) is 0 Å². The molecule has 1 atom stereocenters. The van der Waals surface area contributed by atoms with Gasteiger partial charge in [-0.1, -0.05) is 30.3 Å². The molecule has 0 N–H and O–H groups in total. The lowest BCUT2D eigenvalue weighted by Crippen LogP contribution is -2.44. The van der Waals surface area contributed by atoms with Crippen LogP contribution >= 0.6 is 11.3 Å². The van der Waals surface area contributed by atoms with Crippen LogP contribution in [-0.2, 0) is 11.2 Å². The minimum atomic E-state index is -0.440. The highest BCUT2D eigenvalue weighted by Gasteiger charge is 2.30. The van der Waals surface area contributed by atoms with E-state index in [1.807, 2.05) is 43.3 Å². The second-order valence-corrected chi connectivity index (χ2v) is 7.26. The van der Waals surface area contributed by atoms with E-state index >= 15 is 0 Å². The van der Waals surface area contributed by atoms with Gasteiger partial charge in [0.25, 0.3) is 5.91 Å². The minimum absolute atomic E-state index is 0.000180. The number of hydrogen-bond acceptors (Lipinski definition) is 4. The van der Waals surface area contributed by atoms with E-state index in [4.69, 9.17) is 9.72 Å². The van der Waals surface area contributed by atoms with Gasteiger partial charge in [-0.2, -0.15) is 0 Å². The van der Waals surface area contributed by atoms with E-state index in [1.165, 1.54) is 5.56 Å². The quantitative estimate of drug-likeness (QED) is 0.683. The molecule has 0 saturated carbocycles. The van der Waals surface area contributed by atoms with Gasteiger partial charge in [0.05, 0.1) is 16.4 Å². The van der Waals surface area contributed by atoms with Crippen molar-refractivity contribution in [1.82, 2.24) is 4.98 Å². The molecule has 0 bridgehead atoms. The summed E-state index contributed by atoms with van der Waals surface area (Å²) < 4.78 is 5.74. The fraction of sp³-hybridized carbons (Fsp3) is 0.238. The molecule has 2 aromatic carbocycles. The fourth-order valence-electron chi connectivity index (χ4n) is 3.19. The molecule has 0 radical (unpaired) electrons. The first-order valence-electron chi connectivity index (χ1n) is 8.76. The molecular weight excluding hydrogens is 344 g/mol. The van der Waals surface area contributed by atoms with Gasteiger partial charge in [0, 0.05) is 23.9 Å². The van der Waals surface area contributed by atoms with Crippen LogP contribution < -0.4 is 9.64 Å². The standard InChI is InChI=1S/C21H20N2O2S/c1-3-23-18-12-16(9-10-19(18)25-14(2)21(23)24)17-13-26-20(22-17)11-15-7-5-4-6-8-15/h4-10,12-14H,3,11H2,1-2H3. The Morgan fingerprint density at radius 3 is 2.77 bits per heavy atom. The first kappa shape index (κ1) is 16.8. The lowest BCUT2D eigenvalue weighted by molar-refractivity contribution is -0.125. The molecule has 132 valence electrons. The summed E-state index contributed by atoms with van der Waals surface area (Å²) >= 11 is 1.66. The lowest BCUT2D eigenvalue weighted by atomic mass is 10.1. The molecule has 1 aliphatic rings. The van der Waals surface area contributed by atoms with Gasteiger partial charge in [-0.3, -0.25) is 4.79 Å². The van der Waals surface area contributed by atoms with Crippen molar-refractivity contribution >= 4 is 22.9 Å². The smallest absolute Gasteiger partial charge is 0.267 e. The Labute approximate surface area is 157 Å². The van der Waals surface area contributed by atoms with Gasteiger partial charge in [-0.25, -0.2) is 4.98 Å². The summed E-state index contributed by atoms with van der Waals surface area (Å²) in [7, 11) is 0. The first-order chi connectivity index (χ1) is 12.7. The Bertz CT molecular complexity index is 936. The van der Waals surface area contributed by atoms with Crippen molar-refractivity contribution in [1.29, 1.82) is 0 Å². The molecule has 4 nitrogen and oxygen atoms in total. The number of amides is 1. The van der Waals surface area contributed by atoms with Gasteiger partial charge >= 0.3 is 0 Å². The van der Waals surface area contributed by atoms with Crippen molar-refractivity contribution in [2.75, 3.05) is 11.4 Å². The number of likely N-dealkylation sites (N-methyl/N-ethyl adjacent to an activating group) is 1. The van der Waals surface area contributed by atoms with Crippen LogP contribution in [-0.4, -0.2) is 23.5 Å². The number of ether oxygens (including phenoxy) is 1. The fourth-order valence-corrected chi connectivity index (χ4v) is 4.03. The van der Waals surface area contributed by atoms with Crippen LogP contribution in [0.1, 0.15) is 24.4 Å². The number of nitrogens with zero attached hydrogens (tertiary/aromatic N) is 2. The molecule has 0 saturated heterocycles. The number of anilines is 1. The largest absolute Gasteiger partial charge is 0.479 e. The number of thiazole rings is 1. The molecule has 4 rings (SSSR count). The summed E-state index contributed by atoms with van der Waals surface area (Å²) in [5.41, 5.74) is 4.02. The maximum Gasteiger partial charge on any atom is 0.267 e. The van der Waals surface area contributed by atoms with Crippen LogP contribution in [0.15, 0.2) is 53.9 Å². The van der Waals surface area contributed by atoms with Crippen molar-refractivity contribution in [2.24, 2.45) is 0 Å². The topological polar surface area (TPSA) is 42.4 Å². The van der Waals surface area contributed by atoms with Crippen LogP contribution in [0.25, 0.3) is 11.3 Å². The van der Waals surface area contributed by atoms with Gasteiger partial charge in [0.15, 0.2) is 6.10 Å². The second kappa shape index (κ2) is 6.92. The maximum absolute atomic E-state index is 12.4. The highest BCUT2D eigenvalue weighted by molar-refractivity contribution is 7.10. The van der Waals surface area contributed by atoms with Crippen molar-refractivity contribution in [2.45, 2.75) is 26.4 Å². The highest BCUT2D eigenvalue weighted by atomic mass is 32.1. The van der Waals surface area contributed by atoms with Crippen molar-refractivity contribution in [3.05, 3.63) is 64.5 Å². The number of hydrogen-bond donors (Lipinski definition) is 0. The third-order valence-electron chi connectivity index (χ3n) is 4.53. The molecule has 0 spiro atoms. The average molecular weight is 364 g/mol. The maximum atomic E-state index is 12.4. The monoisotopic (exact) mass is 364 g/mol. The normalized spacial score (nSPS) is 16.3. The summed E-state index contributed by atoms with van der Waals surface area (Å²) in [6.45, 7) is 4.39. The molecule has 0 aliphatic carbocycles. The number of carbonyl (C=O) groups is 1. The zero-order valence-corrected chi connectivity index (χ0v) is 15.6. The third kappa shape index (κ3) is 3.10. The first-order valence-corrected chi connectivity index (χ1v) is 9.64. The van der Waals surface area contributed by atoms with E-state index in [-0.39, 0.29) is 5.91 Å². The molecule has 3 aromatic rings. The Hall–Kier alpha value is -2.66. The van der Waals surface area contributed by atoms with E-state index in [2.05, 4.69) is 17.5 Å². The van der Waals surface area contributed by atoms with Crippen molar-refractivity contribution in [3.63, 3.8) is 0 Å². The summed E-state index contributed by atoms with van der Waals surface area (Å²) in [5.74, 6) is 0.752. The van der Waals surface area contributed by atoms with Crippen LogP contribution in [0.4, 0.5) is 5.69 Å². The average Bonchev–Trinajstić information content (AvgIpc) is 3.12. The van der Waals surface area contributed by atoms with Crippen LogP contribution in [0.5, 0.6) is 5.75 Å². The van der Waals surface area contributed by atoms with Gasteiger partial charge in [0.2, 0.25) is 0 Å². The van der Waals surface area contributed by atoms with Crippen molar-refractivity contribution < 1.29 is 9.53 Å². The molecule has 1 unspecified atom stereocenters. The molecular formula is C21H20N2O2S. The molecule has 1 amide bonds. The second-order valence-electron chi connectivity index (χ2n) is 6.31. The number of carbonyl (C=O) groups excluding carboxylic acids is 1. The Morgan fingerprint density at radius 1 is 1.19 bits per heavy atom. The van der Waals surface area contributed by atoms with Crippen molar-refractivity contribution in [3.8, 4) is 17.0 Å². The number of aromatic nitrogens is 1. The number of fused-ring (bicyclic) bond motifs is 1. The number of rotatable bonds is 4. The van der Waals surface area contributed by atoms with Gasteiger partial charge < -0.3 is 9.64 Å². The minimum Gasteiger partial charge on any atom is -0.479 e. The highest BCUT2D eigenvalue weighted by Crippen LogP contribution is 2.37. The predicted octanol–water partition coefficient (Wildman–Crippen LogP) is 4.53. The summed E-state index contributed by atoms with van der Waals surface area (Å²) in [4.78, 5) is 18.9.